The summed E-state index contributed by atoms with van der Waals surface area (Å²) in [6.45, 7) is 10.9. The van der Waals surface area contributed by atoms with Crippen LogP contribution in [0.15, 0.2) is 24.3 Å². The van der Waals surface area contributed by atoms with Crippen LogP contribution in [0, 0.1) is 5.92 Å². The summed E-state index contributed by atoms with van der Waals surface area (Å²) in [5.74, 6) is 1.65. The Bertz CT molecular complexity index is 563. The van der Waals surface area contributed by atoms with Crippen molar-refractivity contribution >= 4 is 0 Å². The first-order valence-electron chi connectivity index (χ1n) is 10.00. The molecule has 2 nitrogen and oxygen atoms in total. The third-order valence-electron chi connectivity index (χ3n) is 6.98. The van der Waals surface area contributed by atoms with E-state index in [0.717, 1.165) is 23.9 Å². The number of nitrogens with zero attached hydrogens (tertiary/aromatic N) is 2. The summed E-state index contributed by atoms with van der Waals surface area (Å²) in [5, 5.41) is 0. The molecule has 132 valence electrons. The van der Waals surface area contributed by atoms with Gasteiger partial charge in [-0.25, -0.2) is 0 Å². The largest absolute Gasteiger partial charge is 0.302 e. The zero-order valence-corrected chi connectivity index (χ0v) is 16.0. The highest BCUT2D eigenvalue weighted by atomic mass is 15.3. The molecule has 4 aliphatic heterocycles. The van der Waals surface area contributed by atoms with Gasteiger partial charge in [-0.1, -0.05) is 45.0 Å². The smallest absolute Gasteiger partial charge is 0.0322 e. The Labute approximate surface area is 148 Å². The number of likely N-dealkylation sites (tertiary alicyclic amines) is 1. The average Bonchev–Trinajstić information content (AvgIpc) is 2.76. The summed E-state index contributed by atoms with van der Waals surface area (Å²) in [6, 6.07) is 11.2. The van der Waals surface area contributed by atoms with E-state index in [-0.39, 0.29) is 5.41 Å². The van der Waals surface area contributed by atoms with Crippen molar-refractivity contribution < 1.29 is 0 Å². The lowest BCUT2D eigenvalue weighted by atomic mass is 9.71. The number of hydrogen-bond acceptors (Lipinski definition) is 2. The van der Waals surface area contributed by atoms with Crippen LogP contribution >= 0.6 is 0 Å². The standard InChI is InChI=1S/C22H34N2/c1-22(2,3)18-9-7-16(8-10-18)19-6-5-13-23(4)20-17-11-14-24(15-12-17)21(19)20/h7-10,17,19-21H,5-6,11-15H2,1-4H3. The van der Waals surface area contributed by atoms with Crippen molar-refractivity contribution in [3.63, 3.8) is 0 Å². The molecule has 0 aromatic heterocycles. The fourth-order valence-electron chi connectivity index (χ4n) is 5.64. The first kappa shape index (κ1) is 16.6. The van der Waals surface area contributed by atoms with Crippen LogP contribution in [-0.2, 0) is 5.41 Å². The fraction of sp³-hybridized carbons (Fsp3) is 0.727. The maximum absolute atomic E-state index is 2.83. The van der Waals surface area contributed by atoms with Crippen molar-refractivity contribution in [2.45, 2.75) is 69.9 Å². The summed E-state index contributed by atoms with van der Waals surface area (Å²) in [4.78, 5) is 5.53. The number of hydrogen-bond donors (Lipinski definition) is 0. The molecule has 5 rings (SSSR count). The minimum Gasteiger partial charge on any atom is -0.302 e. The van der Waals surface area contributed by atoms with E-state index in [1.54, 1.807) is 5.56 Å². The highest BCUT2D eigenvalue weighted by Crippen LogP contribution is 2.44. The van der Waals surface area contributed by atoms with Gasteiger partial charge >= 0.3 is 0 Å². The predicted octanol–water partition coefficient (Wildman–Crippen LogP) is 4.26. The Morgan fingerprint density at radius 1 is 0.875 bits per heavy atom. The molecule has 24 heavy (non-hydrogen) atoms. The van der Waals surface area contributed by atoms with E-state index in [4.69, 9.17) is 0 Å². The maximum atomic E-state index is 2.83. The Morgan fingerprint density at radius 3 is 2.17 bits per heavy atom. The Balaban J connectivity index is 1.66. The highest BCUT2D eigenvalue weighted by molar-refractivity contribution is 5.31. The van der Waals surface area contributed by atoms with Gasteiger partial charge < -0.3 is 4.90 Å². The van der Waals surface area contributed by atoms with Gasteiger partial charge in [0.1, 0.15) is 0 Å². The number of likely N-dealkylation sites (N-methyl/N-ethyl adjacent to an activating group) is 1. The molecule has 1 aromatic rings. The second kappa shape index (κ2) is 6.14. The van der Waals surface area contributed by atoms with Crippen LogP contribution in [0.3, 0.4) is 0 Å². The first-order chi connectivity index (χ1) is 11.4. The SMILES string of the molecule is CN1CCCC(c2ccc(C(C)(C)C)cc2)C2C1C1CCN2CC1. The third kappa shape index (κ3) is 2.82. The second-order valence-corrected chi connectivity index (χ2v) is 9.46. The molecular formula is C22H34N2. The van der Waals surface area contributed by atoms with Crippen molar-refractivity contribution in [2.75, 3.05) is 26.7 Å². The molecule has 4 aliphatic rings. The van der Waals surface area contributed by atoms with E-state index in [9.17, 15) is 0 Å². The second-order valence-electron chi connectivity index (χ2n) is 9.46. The summed E-state index contributed by atoms with van der Waals surface area (Å²) in [5.41, 5.74) is 3.29. The van der Waals surface area contributed by atoms with Gasteiger partial charge in [-0.15, -0.1) is 0 Å². The fourth-order valence-corrected chi connectivity index (χ4v) is 5.64. The number of fused-ring (bicyclic) bond motifs is 2. The number of benzene rings is 1. The number of rotatable bonds is 1. The molecule has 2 heteroatoms. The van der Waals surface area contributed by atoms with E-state index in [2.05, 4.69) is 61.9 Å². The average molecular weight is 327 g/mol. The quantitative estimate of drug-likeness (QED) is 0.761. The molecule has 0 radical (unpaired) electrons. The minimum absolute atomic E-state index is 0.248. The van der Waals surface area contributed by atoms with Gasteiger partial charge in [0.2, 0.25) is 0 Å². The molecule has 0 N–H and O–H groups in total. The molecule has 0 saturated carbocycles. The minimum atomic E-state index is 0.248. The predicted molar refractivity (Wildman–Crippen MR) is 102 cm³/mol. The van der Waals surface area contributed by atoms with Crippen LogP contribution in [0.2, 0.25) is 0 Å². The summed E-state index contributed by atoms with van der Waals surface area (Å²) in [7, 11) is 2.38. The zero-order valence-electron chi connectivity index (χ0n) is 16.0. The molecule has 2 bridgehead atoms. The van der Waals surface area contributed by atoms with Crippen molar-refractivity contribution in [1.82, 2.24) is 9.80 Å². The van der Waals surface area contributed by atoms with Gasteiger partial charge in [-0.2, -0.15) is 0 Å². The highest BCUT2D eigenvalue weighted by Gasteiger charge is 2.48. The van der Waals surface area contributed by atoms with E-state index in [1.807, 2.05) is 0 Å². The lowest BCUT2D eigenvalue weighted by Crippen LogP contribution is -2.63. The third-order valence-corrected chi connectivity index (χ3v) is 6.98. The molecule has 0 spiro atoms. The van der Waals surface area contributed by atoms with Crippen LogP contribution in [0.4, 0.5) is 0 Å². The first-order valence-corrected chi connectivity index (χ1v) is 10.00. The van der Waals surface area contributed by atoms with Gasteiger partial charge in [0.05, 0.1) is 0 Å². The normalized spacial score (nSPS) is 37.1. The maximum Gasteiger partial charge on any atom is 0.0322 e. The lowest BCUT2D eigenvalue weighted by Gasteiger charge is -2.55. The van der Waals surface area contributed by atoms with E-state index in [1.165, 1.54) is 50.9 Å². The van der Waals surface area contributed by atoms with Crippen LogP contribution in [0.5, 0.6) is 0 Å². The molecular weight excluding hydrogens is 292 g/mol. The van der Waals surface area contributed by atoms with Crippen molar-refractivity contribution in [3.8, 4) is 0 Å². The van der Waals surface area contributed by atoms with Crippen LogP contribution < -0.4 is 0 Å². The zero-order chi connectivity index (χ0) is 16.9. The van der Waals surface area contributed by atoms with Gasteiger partial charge in [0.15, 0.2) is 0 Å². The molecule has 0 aliphatic carbocycles. The van der Waals surface area contributed by atoms with Crippen molar-refractivity contribution in [1.29, 1.82) is 0 Å². The van der Waals surface area contributed by atoms with Gasteiger partial charge in [-0.05, 0) is 74.8 Å². The monoisotopic (exact) mass is 326 g/mol. The molecule has 4 heterocycles. The molecule has 4 fully saturated rings. The molecule has 4 saturated heterocycles. The van der Waals surface area contributed by atoms with Crippen molar-refractivity contribution in [3.05, 3.63) is 35.4 Å². The Morgan fingerprint density at radius 2 is 1.54 bits per heavy atom. The number of piperidine rings is 3. The van der Waals surface area contributed by atoms with Gasteiger partial charge in [-0.3, -0.25) is 4.90 Å². The Hall–Kier alpha value is -0.860. The lowest BCUT2D eigenvalue weighted by molar-refractivity contribution is -0.0373. The summed E-state index contributed by atoms with van der Waals surface area (Å²) in [6.07, 6.45) is 5.53. The summed E-state index contributed by atoms with van der Waals surface area (Å²) < 4.78 is 0. The molecule has 1 aromatic carbocycles. The van der Waals surface area contributed by atoms with E-state index < -0.39 is 0 Å². The van der Waals surface area contributed by atoms with Gasteiger partial charge in [0, 0.05) is 18.0 Å². The molecule has 3 unspecified atom stereocenters. The van der Waals surface area contributed by atoms with Crippen LogP contribution in [-0.4, -0.2) is 48.6 Å². The van der Waals surface area contributed by atoms with Crippen molar-refractivity contribution in [2.24, 2.45) is 5.92 Å². The molecule has 3 atom stereocenters. The topological polar surface area (TPSA) is 6.48 Å². The van der Waals surface area contributed by atoms with E-state index in [0.29, 0.717) is 0 Å². The van der Waals surface area contributed by atoms with Crippen LogP contribution in [0.25, 0.3) is 0 Å². The summed E-state index contributed by atoms with van der Waals surface area (Å²) >= 11 is 0. The Kier molecular flexibility index (Phi) is 4.25. The molecule has 0 amide bonds. The van der Waals surface area contributed by atoms with Crippen LogP contribution in [0.1, 0.15) is 63.5 Å². The van der Waals surface area contributed by atoms with E-state index >= 15 is 0 Å². The van der Waals surface area contributed by atoms with Gasteiger partial charge in [0.25, 0.3) is 0 Å².